The zero-order valence-corrected chi connectivity index (χ0v) is 13.9. The van der Waals surface area contributed by atoms with Gasteiger partial charge in [0.1, 0.15) is 0 Å². The van der Waals surface area contributed by atoms with Gasteiger partial charge in [-0.2, -0.15) is 41.5 Å². The third-order valence-electron chi connectivity index (χ3n) is 2.71. The molecule has 0 spiro atoms. The van der Waals surface area contributed by atoms with Crippen LogP contribution in [0.25, 0.3) is 0 Å². The average molecular weight is 318 g/mol. The van der Waals surface area contributed by atoms with E-state index in [4.69, 9.17) is 0 Å². The molecule has 1 aliphatic carbocycles. The molecule has 1 heteroatoms. The molecule has 0 bridgehead atoms. The summed E-state index contributed by atoms with van der Waals surface area (Å²) < 4.78 is 1.51. The van der Waals surface area contributed by atoms with Crippen molar-refractivity contribution in [3.63, 3.8) is 0 Å². The van der Waals surface area contributed by atoms with Gasteiger partial charge >= 0.3 is 41.3 Å². The first kappa shape index (κ1) is 15.5. The summed E-state index contributed by atoms with van der Waals surface area (Å²) in [5, 5.41) is 0. The predicted molar refractivity (Wildman–Crippen MR) is 77.1 cm³/mol. The fourth-order valence-corrected chi connectivity index (χ4v) is 1.93. The Morgan fingerprint density at radius 3 is 2.17 bits per heavy atom. The van der Waals surface area contributed by atoms with E-state index in [1.807, 2.05) is 30.3 Å². The van der Waals surface area contributed by atoms with Crippen molar-refractivity contribution in [3.8, 4) is 0 Å². The van der Waals surface area contributed by atoms with Crippen LogP contribution in [0.3, 0.4) is 0 Å². The minimum absolute atomic E-state index is 1.32. The van der Waals surface area contributed by atoms with Gasteiger partial charge in [0.2, 0.25) is 0 Å². The fourth-order valence-electron chi connectivity index (χ4n) is 1.93. The third kappa shape index (κ3) is 7.01. The van der Waals surface area contributed by atoms with Gasteiger partial charge in [-0.05, 0) is 0 Å². The largest absolute Gasteiger partial charge is 0.214 e. The van der Waals surface area contributed by atoms with Gasteiger partial charge in [0.05, 0.1) is 0 Å². The number of aryl methyl sites for hydroxylation is 2. The molecule has 2 aromatic rings. The van der Waals surface area contributed by atoms with Crippen molar-refractivity contribution in [1.29, 1.82) is 0 Å². The van der Waals surface area contributed by atoms with Gasteiger partial charge in [-0.3, -0.25) is 0 Å². The molecule has 3 rings (SSSR count). The fraction of sp³-hybridized carbons (Fsp3) is 0.353. The van der Waals surface area contributed by atoms with Crippen LogP contribution in [0.1, 0.15) is 37.8 Å². The summed E-state index contributed by atoms with van der Waals surface area (Å²) in [6.07, 6.45) is 5.44. The molecule has 0 N–H and O–H groups in total. The molecule has 0 amide bonds. The topological polar surface area (TPSA) is 0 Å². The monoisotopic (exact) mass is 316 g/mol. The van der Waals surface area contributed by atoms with Crippen molar-refractivity contribution in [2.45, 2.75) is 39.5 Å². The molecule has 0 nitrogen and oxygen atoms in total. The van der Waals surface area contributed by atoms with Crippen LogP contribution in [-0.2, 0) is 37.1 Å². The summed E-state index contributed by atoms with van der Waals surface area (Å²) in [4.78, 5) is 0. The van der Waals surface area contributed by atoms with E-state index in [0.717, 1.165) is 0 Å². The Kier molecular flexibility index (Phi) is 8.09. The standard InChI is InChI=1S/C9H11.C5H5.C3H6.Zr/c1-2-5-9-7-3-6-8(9)4-1;1-2-4-5-3-1;1-3-2;/h3,6-7H,1-2,4-5H2;1-5H;1-2H3;/q2*-1;;+2. The summed E-state index contributed by atoms with van der Waals surface area (Å²) in [6, 6.07) is 16.7. The number of fused-ring (bicyclic) bond motifs is 1. The van der Waals surface area contributed by atoms with Crippen molar-refractivity contribution in [1.82, 2.24) is 0 Å². The number of hydrogen-bond acceptors (Lipinski definition) is 0. The Balaban J connectivity index is 0.000000154. The van der Waals surface area contributed by atoms with Gasteiger partial charge in [-0.15, -0.1) is 0 Å². The molecule has 0 saturated carbocycles. The Labute approximate surface area is 126 Å². The molecule has 1 aliphatic rings. The normalized spacial score (nSPS) is 12.4. The van der Waals surface area contributed by atoms with Gasteiger partial charge in [-0.25, -0.2) is 18.2 Å². The van der Waals surface area contributed by atoms with Crippen LogP contribution in [0.4, 0.5) is 0 Å². The van der Waals surface area contributed by atoms with E-state index in [9.17, 15) is 0 Å². The van der Waals surface area contributed by atoms with E-state index < -0.39 is 0 Å². The smallest absolute Gasteiger partial charge is 0.0512 e. The van der Waals surface area contributed by atoms with Crippen LogP contribution < -0.4 is 0 Å². The quantitative estimate of drug-likeness (QED) is 0.630. The average Bonchev–Trinajstić information content (AvgIpc) is 3.03. The summed E-state index contributed by atoms with van der Waals surface area (Å²) >= 11 is 1.55. The minimum Gasteiger partial charge on any atom is -0.214 e. The first-order valence-corrected chi connectivity index (χ1v) is 7.85. The van der Waals surface area contributed by atoms with Gasteiger partial charge in [0, 0.05) is 0 Å². The Morgan fingerprint density at radius 1 is 1.06 bits per heavy atom. The second-order valence-electron chi connectivity index (χ2n) is 4.75. The molecule has 0 saturated heterocycles. The van der Waals surface area contributed by atoms with E-state index in [1.54, 1.807) is 35.4 Å². The van der Waals surface area contributed by atoms with Gasteiger partial charge in [-0.1, -0.05) is 25.7 Å². The summed E-state index contributed by atoms with van der Waals surface area (Å²) in [7, 11) is 0. The minimum atomic E-state index is 1.32. The van der Waals surface area contributed by atoms with Crippen molar-refractivity contribution in [3.05, 3.63) is 59.7 Å². The van der Waals surface area contributed by atoms with E-state index in [2.05, 4.69) is 32.0 Å². The zero-order chi connectivity index (χ0) is 13.2. The van der Waals surface area contributed by atoms with Crippen LogP contribution in [-0.4, -0.2) is 3.21 Å². The molecule has 0 fully saturated rings. The summed E-state index contributed by atoms with van der Waals surface area (Å²) in [5.41, 5.74) is 3.20. The van der Waals surface area contributed by atoms with Crippen molar-refractivity contribution in [2.75, 3.05) is 0 Å². The van der Waals surface area contributed by atoms with Crippen LogP contribution in [0, 0.1) is 0 Å². The van der Waals surface area contributed by atoms with Crippen molar-refractivity contribution >= 4 is 3.21 Å². The molecule has 0 aromatic heterocycles. The molecule has 0 aliphatic heterocycles. The molecule has 0 radical (unpaired) electrons. The maximum Gasteiger partial charge on any atom is -0.0512 e. The Bertz CT molecular complexity index is 378. The summed E-state index contributed by atoms with van der Waals surface area (Å²) in [6.45, 7) is 4.25. The van der Waals surface area contributed by atoms with E-state index >= 15 is 0 Å². The van der Waals surface area contributed by atoms with Crippen LogP contribution in [0.15, 0.2) is 48.5 Å². The molecule has 0 unspecified atom stereocenters. The van der Waals surface area contributed by atoms with Crippen LogP contribution in [0.2, 0.25) is 0 Å². The third-order valence-corrected chi connectivity index (χ3v) is 2.71. The van der Waals surface area contributed by atoms with Crippen LogP contribution >= 0.6 is 0 Å². The predicted octanol–water partition coefficient (Wildman–Crippen LogP) is 4.44. The first-order chi connectivity index (χ1) is 8.70. The first-order valence-electron chi connectivity index (χ1n) is 6.62. The maximum atomic E-state index is 2.26. The number of rotatable bonds is 0. The summed E-state index contributed by atoms with van der Waals surface area (Å²) in [5.74, 6) is 0. The zero-order valence-electron chi connectivity index (χ0n) is 11.4. The number of hydrogen-bond donors (Lipinski definition) is 0. The van der Waals surface area contributed by atoms with Crippen molar-refractivity contribution < 1.29 is 24.2 Å². The molecule has 18 heavy (non-hydrogen) atoms. The van der Waals surface area contributed by atoms with Crippen molar-refractivity contribution in [2.24, 2.45) is 0 Å². The molecular weight excluding hydrogens is 295 g/mol. The second-order valence-corrected chi connectivity index (χ2v) is 7.20. The van der Waals surface area contributed by atoms with Gasteiger partial charge in [0.25, 0.3) is 0 Å². The van der Waals surface area contributed by atoms with E-state index in [-0.39, 0.29) is 0 Å². The molecule has 0 atom stereocenters. The second kappa shape index (κ2) is 9.39. The maximum absolute atomic E-state index is 2.26. The van der Waals surface area contributed by atoms with Crippen LogP contribution in [0.5, 0.6) is 0 Å². The van der Waals surface area contributed by atoms with Gasteiger partial charge < -0.3 is 0 Å². The molecule has 2 aromatic carbocycles. The SMILES string of the molecule is C[C](C)=[Zr+2].c1cc2c([cH-]1)CCCC2.c1cc[cH-]c1. The molecular formula is C17H22Zr. The molecule has 0 heterocycles. The Hall–Kier alpha value is -0.547. The Morgan fingerprint density at radius 2 is 1.67 bits per heavy atom. The van der Waals surface area contributed by atoms with E-state index in [0.29, 0.717) is 0 Å². The van der Waals surface area contributed by atoms with Gasteiger partial charge in [0.15, 0.2) is 0 Å². The molecule has 94 valence electrons. The van der Waals surface area contributed by atoms with E-state index in [1.165, 1.54) is 28.9 Å².